The van der Waals surface area contributed by atoms with Crippen LogP contribution in [0.3, 0.4) is 0 Å². The maximum atomic E-state index is 13.8. The zero-order chi connectivity index (χ0) is 20.8. The molecule has 0 saturated carbocycles. The van der Waals surface area contributed by atoms with Crippen molar-refractivity contribution in [1.29, 1.82) is 0 Å². The summed E-state index contributed by atoms with van der Waals surface area (Å²) in [6.45, 7) is -0.0251. The zero-order valence-electron chi connectivity index (χ0n) is 14.0. The van der Waals surface area contributed by atoms with Crippen molar-refractivity contribution < 1.29 is 35.2 Å². The number of carbonyl (C=O) groups excluding carboxylic acids is 1. The molecule has 1 unspecified atom stereocenters. The highest BCUT2D eigenvalue weighted by molar-refractivity contribution is 7.89. The number of primary amides is 1. The van der Waals surface area contributed by atoms with Crippen molar-refractivity contribution in [2.24, 2.45) is 11.7 Å². The molecule has 1 amide bonds. The Kier molecular flexibility index (Phi) is 5.14. The number of amides is 1. The van der Waals surface area contributed by atoms with Gasteiger partial charge in [0.05, 0.1) is 17.5 Å². The van der Waals surface area contributed by atoms with Crippen molar-refractivity contribution in [3.63, 3.8) is 0 Å². The average Bonchev–Trinajstić information content (AvgIpc) is 3.06. The van der Waals surface area contributed by atoms with Gasteiger partial charge in [0.1, 0.15) is 0 Å². The molecule has 3 rings (SSSR count). The molecule has 2 aromatic rings. The van der Waals surface area contributed by atoms with Crippen LogP contribution in [0.15, 0.2) is 11.1 Å². The molecule has 1 atom stereocenters. The number of aryl methyl sites for hydroxylation is 1. The number of hydrogen-bond acceptors (Lipinski definition) is 4. The number of nitrogens with one attached hydrogen (secondary N) is 1. The lowest BCUT2D eigenvalue weighted by Gasteiger charge is -2.24. The first-order valence-corrected chi connectivity index (χ1v) is 9.38. The van der Waals surface area contributed by atoms with Crippen LogP contribution >= 0.6 is 0 Å². The first-order chi connectivity index (χ1) is 13.0. The number of nitrogens with two attached hydrogens (primary N) is 1. The summed E-state index contributed by atoms with van der Waals surface area (Å²) >= 11 is 0. The van der Waals surface area contributed by atoms with Gasteiger partial charge in [-0.25, -0.2) is 35.1 Å². The van der Waals surface area contributed by atoms with Crippen LogP contribution in [0.25, 0.3) is 0 Å². The molecular weight excluding hydrogens is 411 g/mol. The number of sulfonamides is 1. The van der Waals surface area contributed by atoms with Gasteiger partial charge in [0.25, 0.3) is 5.91 Å². The van der Waals surface area contributed by atoms with Crippen molar-refractivity contribution in [1.82, 2.24) is 14.5 Å². The molecule has 0 fully saturated rings. The fourth-order valence-corrected chi connectivity index (χ4v) is 4.25. The lowest BCUT2D eigenvalue weighted by atomic mass is 9.94. The van der Waals surface area contributed by atoms with Gasteiger partial charge in [-0.1, -0.05) is 0 Å². The second-order valence-corrected chi connectivity index (χ2v) is 7.91. The zero-order valence-corrected chi connectivity index (χ0v) is 14.8. The molecule has 0 aliphatic carbocycles. The SMILES string of the molecule is NC(=O)c1cnn2c1CC(CNS(=O)(=O)c1c(F)c(F)c(F)c(F)c1F)CC2. The summed E-state index contributed by atoms with van der Waals surface area (Å²) in [4.78, 5) is 9.44. The summed E-state index contributed by atoms with van der Waals surface area (Å²) < 4.78 is 94.9. The highest BCUT2D eigenvalue weighted by atomic mass is 32.2. The Balaban J connectivity index is 1.82. The van der Waals surface area contributed by atoms with E-state index in [-0.39, 0.29) is 18.5 Å². The molecule has 1 aliphatic heterocycles. The molecule has 2 heterocycles. The minimum atomic E-state index is -5.03. The number of nitrogens with zero attached hydrogens (tertiary/aromatic N) is 2. The average molecular weight is 424 g/mol. The van der Waals surface area contributed by atoms with Crippen LogP contribution in [0.1, 0.15) is 22.5 Å². The third-order valence-electron chi connectivity index (χ3n) is 4.45. The van der Waals surface area contributed by atoms with E-state index in [0.717, 1.165) is 0 Å². The molecule has 7 nitrogen and oxygen atoms in total. The van der Waals surface area contributed by atoms with Gasteiger partial charge >= 0.3 is 0 Å². The topological polar surface area (TPSA) is 107 Å². The lowest BCUT2D eigenvalue weighted by Crippen LogP contribution is -2.35. The van der Waals surface area contributed by atoms with E-state index in [0.29, 0.717) is 18.7 Å². The lowest BCUT2D eigenvalue weighted by molar-refractivity contribution is 0.0998. The quantitative estimate of drug-likeness (QED) is 0.428. The van der Waals surface area contributed by atoms with Gasteiger partial charge in [-0.05, 0) is 18.8 Å². The Bertz CT molecular complexity index is 1040. The minimum absolute atomic E-state index is 0.160. The Labute approximate surface area is 155 Å². The van der Waals surface area contributed by atoms with Crippen molar-refractivity contribution in [2.45, 2.75) is 24.3 Å². The van der Waals surface area contributed by atoms with Gasteiger partial charge in [-0.3, -0.25) is 9.48 Å². The first-order valence-electron chi connectivity index (χ1n) is 7.90. The molecule has 1 aliphatic rings. The first kappa shape index (κ1) is 20.2. The molecule has 0 bridgehead atoms. The Hall–Kier alpha value is -2.54. The van der Waals surface area contributed by atoms with Gasteiger partial charge < -0.3 is 5.73 Å². The van der Waals surface area contributed by atoms with E-state index in [1.54, 1.807) is 0 Å². The van der Waals surface area contributed by atoms with Gasteiger partial charge in [0.15, 0.2) is 28.2 Å². The van der Waals surface area contributed by atoms with Gasteiger partial charge in [-0.15, -0.1) is 0 Å². The molecule has 13 heteroatoms. The van der Waals surface area contributed by atoms with E-state index in [1.165, 1.54) is 10.9 Å². The van der Waals surface area contributed by atoms with E-state index in [9.17, 15) is 35.2 Å². The van der Waals surface area contributed by atoms with Crippen LogP contribution in [0.5, 0.6) is 0 Å². The third kappa shape index (κ3) is 3.35. The second kappa shape index (κ2) is 7.13. The minimum Gasteiger partial charge on any atom is -0.365 e. The second-order valence-electron chi connectivity index (χ2n) is 6.20. The van der Waals surface area contributed by atoms with E-state index in [1.807, 2.05) is 4.72 Å². The molecule has 0 radical (unpaired) electrons. The summed E-state index contributed by atoms with van der Waals surface area (Å²) in [6.07, 6.45) is 1.85. The molecular formula is C15H13F5N4O3S. The molecule has 3 N–H and O–H groups in total. The monoisotopic (exact) mass is 424 g/mol. The third-order valence-corrected chi connectivity index (χ3v) is 5.89. The van der Waals surface area contributed by atoms with E-state index < -0.39 is 55.8 Å². The molecule has 0 saturated heterocycles. The molecule has 152 valence electrons. The summed E-state index contributed by atoms with van der Waals surface area (Å²) in [6, 6.07) is 0. The van der Waals surface area contributed by atoms with Crippen LogP contribution < -0.4 is 10.5 Å². The van der Waals surface area contributed by atoms with Crippen LogP contribution in [-0.2, 0) is 23.0 Å². The highest BCUT2D eigenvalue weighted by Gasteiger charge is 2.34. The van der Waals surface area contributed by atoms with Crippen molar-refractivity contribution in [2.75, 3.05) is 6.54 Å². The number of carbonyl (C=O) groups is 1. The Morgan fingerprint density at radius 2 is 1.71 bits per heavy atom. The van der Waals surface area contributed by atoms with Crippen LogP contribution in [0.4, 0.5) is 22.0 Å². The van der Waals surface area contributed by atoms with Gasteiger partial charge in [-0.2, -0.15) is 5.10 Å². The predicted molar refractivity (Wildman–Crippen MR) is 84.0 cm³/mol. The van der Waals surface area contributed by atoms with E-state index >= 15 is 0 Å². The number of rotatable bonds is 5. The number of benzene rings is 1. The number of aromatic nitrogens is 2. The Morgan fingerprint density at radius 1 is 1.14 bits per heavy atom. The predicted octanol–water partition coefficient (Wildman–Crippen LogP) is 1.22. The standard InChI is InChI=1S/C15H13F5N4O3S/c16-9-10(17)12(19)14(13(20)11(9)18)28(26,27)23-4-6-1-2-24-8(3-6)7(5-22-24)15(21)25/h5-6,23H,1-4H2,(H2,21,25). The molecule has 1 aromatic heterocycles. The van der Waals surface area contributed by atoms with Gasteiger partial charge in [0, 0.05) is 13.1 Å². The van der Waals surface area contributed by atoms with Crippen molar-refractivity contribution in [3.05, 3.63) is 46.5 Å². The fourth-order valence-electron chi connectivity index (χ4n) is 3.00. The summed E-state index contributed by atoms with van der Waals surface area (Å²) in [5.41, 5.74) is 5.86. The van der Waals surface area contributed by atoms with E-state index in [2.05, 4.69) is 5.10 Å². The maximum Gasteiger partial charge on any atom is 0.252 e. The largest absolute Gasteiger partial charge is 0.365 e. The summed E-state index contributed by atoms with van der Waals surface area (Å²) in [5.74, 6) is -13.2. The molecule has 1 aromatic carbocycles. The van der Waals surface area contributed by atoms with Crippen LogP contribution in [-0.4, -0.2) is 30.7 Å². The van der Waals surface area contributed by atoms with Crippen LogP contribution in [0, 0.1) is 35.0 Å². The number of hydrogen-bond donors (Lipinski definition) is 2. The number of fused-ring (bicyclic) bond motifs is 1. The van der Waals surface area contributed by atoms with E-state index in [4.69, 9.17) is 5.73 Å². The Morgan fingerprint density at radius 3 is 2.29 bits per heavy atom. The molecule has 0 spiro atoms. The fraction of sp³-hybridized carbons (Fsp3) is 0.333. The highest BCUT2D eigenvalue weighted by Crippen LogP contribution is 2.27. The number of halogens is 5. The molecule has 28 heavy (non-hydrogen) atoms. The maximum absolute atomic E-state index is 13.8. The normalized spacial score (nSPS) is 16.8. The van der Waals surface area contributed by atoms with Crippen molar-refractivity contribution >= 4 is 15.9 Å². The van der Waals surface area contributed by atoms with Gasteiger partial charge in [0.2, 0.25) is 15.8 Å². The van der Waals surface area contributed by atoms with Crippen molar-refractivity contribution in [3.8, 4) is 0 Å². The summed E-state index contributed by atoms with van der Waals surface area (Å²) in [5, 5.41) is 3.98. The summed E-state index contributed by atoms with van der Waals surface area (Å²) in [7, 11) is -5.03. The smallest absolute Gasteiger partial charge is 0.252 e. The van der Waals surface area contributed by atoms with Crippen LogP contribution in [0.2, 0.25) is 0 Å².